The van der Waals surface area contributed by atoms with Crippen molar-refractivity contribution >= 4 is 23.5 Å². The Morgan fingerprint density at radius 3 is 2.53 bits per heavy atom. The molecule has 0 saturated carbocycles. The molecule has 2 aliphatic rings. The highest BCUT2D eigenvalue weighted by Crippen LogP contribution is 2.35. The molecule has 1 aromatic carbocycles. The summed E-state index contributed by atoms with van der Waals surface area (Å²) in [5, 5.41) is 27.5. The number of nitrogens with zero attached hydrogens (tertiary/aromatic N) is 6. The number of amides is 2. The van der Waals surface area contributed by atoms with Crippen molar-refractivity contribution in [3.05, 3.63) is 41.8 Å². The number of hydrogen-bond acceptors (Lipinski definition) is 7. The Balaban J connectivity index is 1.57. The molecule has 2 fully saturated rings. The smallest absolute Gasteiger partial charge is 0.407 e. The van der Waals surface area contributed by atoms with Gasteiger partial charge in [0.2, 0.25) is 0 Å². The maximum atomic E-state index is 13.3. The minimum absolute atomic E-state index is 0.130. The van der Waals surface area contributed by atoms with E-state index in [0.717, 1.165) is 26.2 Å². The topological polar surface area (TPSA) is 144 Å². The van der Waals surface area contributed by atoms with E-state index in [1.165, 1.54) is 35.4 Å². The SMILES string of the molecule is CN1CCN(CCC2[C@H](C#N)[C@@H](n3cc(C(N)=O)c(Nc4ccc(F)cc4)n3)CCN2C(=O)O)CC1. The molecule has 2 aliphatic heterocycles. The number of carboxylic acid groups (broad SMARTS) is 1. The van der Waals surface area contributed by atoms with Crippen LogP contribution >= 0.6 is 0 Å². The summed E-state index contributed by atoms with van der Waals surface area (Å²) >= 11 is 0. The van der Waals surface area contributed by atoms with Gasteiger partial charge in [-0.05, 0) is 44.2 Å². The molecule has 4 N–H and O–H groups in total. The first kappa shape index (κ1) is 25.4. The summed E-state index contributed by atoms with van der Waals surface area (Å²) in [7, 11) is 2.07. The number of likely N-dealkylation sites (N-methyl/N-ethyl adjacent to an activating group) is 1. The number of nitrogens with one attached hydrogen (secondary N) is 1. The third-order valence-electron chi connectivity index (χ3n) is 7.07. The van der Waals surface area contributed by atoms with E-state index < -0.39 is 35.8 Å². The van der Waals surface area contributed by atoms with Gasteiger partial charge < -0.3 is 30.9 Å². The van der Waals surface area contributed by atoms with Crippen LogP contribution in [0.25, 0.3) is 0 Å². The van der Waals surface area contributed by atoms with Crippen molar-refractivity contribution < 1.29 is 19.1 Å². The normalized spacial score (nSPS) is 23.2. The van der Waals surface area contributed by atoms with Gasteiger partial charge in [0.1, 0.15) is 11.4 Å². The van der Waals surface area contributed by atoms with Crippen LogP contribution in [0.4, 0.5) is 20.7 Å². The number of piperidine rings is 1. The van der Waals surface area contributed by atoms with Gasteiger partial charge in [0.15, 0.2) is 5.82 Å². The van der Waals surface area contributed by atoms with Crippen LogP contribution in [0.3, 0.4) is 0 Å². The van der Waals surface area contributed by atoms with Gasteiger partial charge in [-0.15, -0.1) is 0 Å². The molecule has 0 radical (unpaired) electrons. The minimum Gasteiger partial charge on any atom is -0.465 e. The van der Waals surface area contributed by atoms with Crippen molar-refractivity contribution in [1.29, 1.82) is 5.26 Å². The molecule has 36 heavy (non-hydrogen) atoms. The fraction of sp³-hybridized carbons (Fsp3) is 0.500. The Kier molecular flexibility index (Phi) is 7.71. The van der Waals surface area contributed by atoms with E-state index in [4.69, 9.17) is 5.73 Å². The summed E-state index contributed by atoms with van der Waals surface area (Å²) in [5.41, 5.74) is 6.23. The number of nitrogens with two attached hydrogens (primary N) is 1. The number of anilines is 2. The highest BCUT2D eigenvalue weighted by atomic mass is 19.1. The first-order chi connectivity index (χ1) is 17.3. The lowest BCUT2D eigenvalue weighted by molar-refractivity contribution is 0.0539. The van der Waals surface area contributed by atoms with Crippen molar-refractivity contribution in [2.75, 3.05) is 51.6 Å². The first-order valence-corrected chi connectivity index (χ1v) is 12.0. The Bertz CT molecular complexity index is 1120. The zero-order valence-corrected chi connectivity index (χ0v) is 20.2. The molecule has 3 heterocycles. The summed E-state index contributed by atoms with van der Waals surface area (Å²) in [4.78, 5) is 30.0. The number of halogens is 1. The zero-order chi connectivity index (χ0) is 25.8. The average Bonchev–Trinajstić information content (AvgIpc) is 3.28. The maximum Gasteiger partial charge on any atom is 0.407 e. The van der Waals surface area contributed by atoms with Crippen LogP contribution < -0.4 is 11.1 Å². The number of rotatable bonds is 7. The van der Waals surface area contributed by atoms with E-state index in [2.05, 4.69) is 33.3 Å². The minimum atomic E-state index is -1.05. The quantitative estimate of drug-likeness (QED) is 0.525. The fourth-order valence-corrected chi connectivity index (χ4v) is 5.00. The predicted octanol–water partition coefficient (Wildman–Crippen LogP) is 1.94. The molecule has 3 atom stereocenters. The predicted molar refractivity (Wildman–Crippen MR) is 130 cm³/mol. The van der Waals surface area contributed by atoms with Crippen LogP contribution in [-0.2, 0) is 0 Å². The van der Waals surface area contributed by atoms with Gasteiger partial charge in [-0.25, -0.2) is 9.18 Å². The molecule has 1 unspecified atom stereocenters. The van der Waals surface area contributed by atoms with E-state index in [-0.39, 0.29) is 17.9 Å². The Labute approximate surface area is 208 Å². The highest BCUT2D eigenvalue weighted by Gasteiger charge is 2.42. The lowest BCUT2D eigenvalue weighted by atomic mass is 9.84. The summed E-state index contributed by atoms with van der Waals surface area (Å²) in [6, 6.07) is 6.95. The number of carbonyl (C=O) groups is 2. The van der Waals surface area contributed by atoms with Crippen LogP contribution in [0.1, 0.15) is 29.2 Å². The van der Waals surface area contributed by atoms with Crippen molar-refractivity contribution in [3.8, 4) is 6.07 Å². The van der Waals surface area contributed by atoms with Crippen LogP contribution in [0.15, 0.2) is 30.5 Å². The number of hydrogen-bond donors (Lipinski definition) is 3. The summed E-state index contributed by atoms with van der Waals surface area (Å²) in [6.45, 7) is 4.64. The van der Waals surface area contributed by atoms with Gasteiger partial charge in [0.05, 0.1) is 24.1 Å². The van der Waals surface area contributed by atoms with Crippen LogP contribution in [-0.4, -0.2) is 93.9 Å². The van der Waals surface area contributed by atoms with E-state index in [9.17, 15) is 24.3 Å². The molecule has 2 saturated heterocycles. The van der Waals surface area contributed by atoms with Gasteiger partial charge in [-0.2, -0.15) is 10.4 Å². The molecule has 192 valence electrons. The number of aromatic nitrogens is 2. The van der Waals surface area contributed by atoms with Crippen molar-refractivity contribution in [2.45, 2.75) is 24.9 Å². The summed E-state index contributed by atoms with van der Waals surface area (Å²) < 4.78 is 14.8. The summed E-state index contributed by atoms with van der Waals surface area (Å²) in [5.74, 6) is -1.57. The first-order valence-electron chi connectivity index (χ1n) is 12.0. The Morgan fingerprint density at radius 1 is 1.22 bits per heavy atom. The van der Waals surface area contributed by atoms with Crippen molar-refractivity contribution in [3.63, 3.8) is 0 Å². The number of piperazine rings is 1. The molecular formula is C24H31FN8O3. The van der Waals surface area contributed by atoms with E-state index >= 15 is 0 Å². The molecule has 12 heteroatoms. The number of carbonyl (C=O) groups excluding carboxylic acids is 1. The molecule has 1 aromatic heterocycles. The maximum absolute atomic E-state index is 13.3. The lowest BCUT2D eigenvalue weighted by Crippen LogP contribution is -2.53. The highest BCUT2D eigenvalue weighted by molar-refractivity contribution is 5.98. The zero-order valence-electron chi connectivity index (χ0n) is 20.2. The van der Waals surface area contributed by atoms with Crippen LogP contribution in [0, 0.1) is 23.1 Å². The fourth-order valence-electron chi connectivity index (χ4n) is 5.00. The number of benzene rings is 1. The Hall–Kier alpha value is -3.69. The number of primary amides is 1. The van der Waals surface area contributed by atoms with E-state index in [1.54, 1.807) is 4.68 Å². The standard InChI is InChI=1S/C24H31FN8O3/c1-30-10-12-31(13-11-30)8-6-20-18(14-26)21(7-9-32(20)24(35)36)33-15-19(22(27)34)23(29-33)28-17-4-2-16(25)3-5-17/h2-5,15,18,20-21H,6-13H2,1H3,(H2,27,34)(H,28,29)(H,35,36)/t18-,20?,21-/m0/s1. The molecule has 2 aromatic rings. The average molecular weight is 499 g/mol. The van der Waals surface area contributed by atoms with Crippen LogP contribution in [0.5, 0.6) is 0 Å². The molecule has 0 spiro atoms. The van der Waals surface area contributed by atoms with E-state index in [0.29, 0.717) is 25.1 Å². The molecule has 0 bridgehead atoms. The van der Waals surface area contributed by atoms with Crippen molar-refractivity contribution in [1.82, 2.24) is 24.5 Å². The second-order valence-corrected chi connectivity index (χ2v) is 9.36. The van der Waals surface area contributed by atoms with Gasteiger partial charge in [0.25, 0.3) is 5.91 Å². The summed E-state index contributed by atoms with van der Waals surface area (Å²) in [6.07, 6.45) is 1.34. The lowest BCUT2D eigenvalue weighted by Gasteiger charge is -2.42. The molecule has 2 amide bonds. The molecule has 11 nitrogen and oxygen atoms in total. The number of nitriles is 1. The monoisotopic (exact) mass is 498 g/mol. The van der Waals surface area contributed by atoms with E-state index in [1.807, 2.05) is 0 Å². The Morgan fingerprint density at radius 2 is 1.92 bits per heavy atom. The van der Waals surface area contributed by atoms with Crippen molar-refractivity contribution in [2.24, 2.45) is 11.7 Å². The van der Waals surface area contributed by atoms with Gasteiger partial charge in [0, 0.05) is 51.2 Å². The molecule has 0 aliphatic carbocycles. The second-order valence-electron chi connectivity index (χ2n) is 9.36. The molecular weight excluding hydrogens is 467 g/mol. The second kappa shape index (κ2) is 10.9. The van der Waals surface area contributed by atoms with Crippen LogP contribution in [0.2, 0.25) is 0 Å². The van der Waals surface area contributed by atoms with Gasteiger partial charge in [-0.1, -0.05) is 0 Å². The largest absolute Gasteiger partial charge is 0.465 e. The van der Waals surface area contributed by atoms with Gasteiger partial charge >= 0.3 is 6.09 Å². The molecule has 4 rings (SSSR count). The number of likely N-dealkylation sites (tertiary alicyclic amines) is 1. The third kappa shape index (κ3) is 5.58. The van der Waals surface area contributed by atoms with Gasteiger partial charge in [-0.3, -0.25) is 9.48 Å². The third-order valence-corrected chi connectivity index (χ3v) is 7.07.